The summed E-state index contributed by atoms with van der Waals surface area (Å²) < 4.78 is 19.2. The Morgan fingerprint density at radius 2 is 1.67 bits per heavy atom. The lowest BCUT2D eigenvalue weighted by Gasteiger charge is -2.30. The number of hydrogen-bond acceptors (Lipinski definition) is 5. The zero-order valence-electron chi connectivity index (χ0n) is 12.5. The molecule has 1 aliphatic heterocycles. The summed E-state index contributed by atoms with van der Waals surface area (Å²) in [7, 11) is 0. The minimum Gasteiger partial charge on any atom is -0.468 e. The van der Waals surface area contributed by atoms with Crippen molar-refractivity contribution >= 4 is 17.8 Å². The lowest BCUT2D eigenvalue weighted by molar-refractivity contribution is -0.149. The molecule has 24 heavy (non-hydrogen) atoms. The van der Waals surface area contributed by atoms with Gasteiger partial charge in [0.1, 0.15) is 17.3 Å². The zero-order chi connectivity index (χ0) is 17.3. The van der Waals surface area contributed by atoms with Crippen LogP contribution in [0.25, 0.3) is 11.3 Å². The number of halogens is 1. The number of imide groups is 2. The lowest BCUT2D eigenvalue weighted by atomic mass is 10.0. The second-order valence-electron chi connectivity index (χ2n) is 5.23. The minimum atomic E-state index is -1.88. The third-order valence-electron chi connectivity index (χ3n) is 3.53. The van der Waals surface area contributed by atoms with Gasteiger partial charge in [-0.3, -0.25) is 25.2 Å². The maximum atomic E-state index is 13.7. The third kappa shape index (κ3) is 2.69. The molecule has 1 aliphatic rings. The molecular weight excluding hydrogens is 317 g/mol. The van der Waals surface area contributed by atoms with Crippen molar-refractivity contribution < 1.29 is 23.5 Å². The molecule has 2 aromatic rings. The van der Waals surface area contributed by atoms with Crippen LogP contribution in [0.5, 0.6) is 5.75 Å². The molecule has 0 bridgehead atoms. The van der Waals surface area contributed by atoms with Gasteiger partial charge in [0.25, 0.3) is 17.4 Å². The lowest BCUT2D eigenvalue weighted by Crippen LogP contribution is -2.67. The van der Waals surface area contributed by atoms with Crippen molar-refractivity contribution in [3.05, 3.63) is 48.4 Å². The van der Waals surface area contributed by atoms with Crippen molar-refractivity contribution in [1.82, 2.24) is 15.6 Å². The Morgan fingerprint density at radius 1 is 1.04 bits per heavy atom. The molecule has 0 aliphatic carbocycles. The van der Waals surface area contributed by atoms with Gasteiger partial charge in [-0.05, 0) is 43.3 Å². The number of nitrogens with zero attached hydrogens (tertiary/aromatic N) is 1. The van der Waals surface area contributed by atoms with Gasteiger partial charge in [0.2, 0.25) is 0 Å². The van der Waals surface area contributed by atoms with Gasteiger partial charge in [-0.1, -0.05) is 0 Å². The van der Waals surface area contributed by atoms with E-state index in [-0.39, 0.29) is 11.4 Å². The Labute approximate surface area is 135 Å². The van der Waals surface area contributed by atoms with Crippen LogP contribution in [0.3, 0.4) is 0 Å². The second kappa shape index (κ2) is 5.73. The monoisotopic (exact) mass is 329 g/mol. The summed E-state index contributed by atoms with van der Waals surface area (Å²) in [6.45, 7) is 1.25. The molecule has 0 radical (unpaired) electrons. The maximum absolute atomic E-state index is 13.7. The topological polar surface area (TPSA) is 97.4 Å². The van der Waals surface area contributed by atoms with Crippen LogP contribution in [0.4, 0.5) is 9.18 Å². The highest BCUT2D eigenvalue weighted by molar-refractivity contribution is 6.21. The number of ether oxygens (including phenoxy) is 1. The molecule has 4 amide bonds. The predicted molar refractivity (Wildman–Crippen MR) is 80.3 cm³/mol. The van der Waals surface area contributed by atoms with E-state index in [9.17, 15) is 18.8 Å². The first-order valence-corrected chi connectivity index (χ1v) is 6.97. The first kappa shape index (κ1) is 15.6. The molecule has 0 atom stereocenters. The van der Waals surface area contributed by atoms with E-state index < -0.39 is 29.3 Å². The number of benzene rings is 1. The van der Waals surface area contributed by atoms with E-state index in [0.29, 0.717) is 5.56 Å². The Kier molecular flexibility index (Phi) is 3.72. The van der Waals surface area contributed by atoms with Crippen molar-refractivity contribution in [3.63, 3.8) is 0 Å². The number of pyridine rings is 1. The first-order chi connectivity index (χ1) is 11.4. The van der Waals surface area contributed by atoms with Crippen LogP contribution in [-0.4, -0.2) is 28.4 Å². The average molecular weight is 329 g/mol. The quantitative estimate of drug-likeness (QED) is 0.830. The summed E-state index contributed by atoms with van der Waals surface area (Å²) in [4.78, 5) is 38.8. The highest BCUT2D eigenvalue weighted by Gasteiger charge is 2.48. The Morgan fingerprint density at radius 3 is 2.25 bits per heavy atom. The van der Waals surface area contributed by atoms with Gasteiger partial charge in [0.05, 0.1) is 0 Å². The van der Waals surface area contributed by atoms with Gasteiger partial charge in [-0.2, -0.15) is 0 Å². The number of rotatable bonds is 3. The minimum absolute atomic E-state index is 0.175. The smallest absolute Gasteiger partial charge is 0.328 e. The number of aromatic nitrogens is 1. The van der Waals surface area contributed by atoms with E-state index in [1.54, 1.807) is 12.1 Å². The average Bonchev–Trinajstić information content (AvgIpc) is 2.54. The fourth-order valence-electron chi connectivity index (χ4n) is 2.19. The number of urea groups is 1. The number of amides is 4. The summed E-state index contributed by atoms with van der Waals surface area (Å²) in [5.74, 6) is -1.99. The molecule has 1 fully saturated rings. The molecule has 3 rings (SSSR count). The first-order valence-electron chi connectivity index (χ1n) is 6.97. The summed E-state index contributed by atoms with van der Waals surface area (Å²) >= 11 is 0. The van der Waals surface area contributed by atoms with Crippen molar-refractivity contribution in [2.45, 2.75) is 12.5 Å². The van der Waals surface area contributed by atoms with Gasteiger partial charge in [0, 0.05) is 11.8 Å². The molecule has 0 spiro atoms. The van der Waals surface area contributed by atoms with Crippen LogP contribution in [-0.2, 0) is 9.59 Å². The van der Waals surface area contributed by atoms with Gasteiger partial charge in [0.15, 0.2) is 0 Å². The third-order valence-corrected chi connectivity index (χ3v) is 3.53. The Balaban J connectivity index is 1.84. The fourth-order valence-corrected chi connectivity index (χ4v) is 2.19. The summed E-state index contributed by atoms with van der Waals surface area (Å²) in [6, 6.07) is 7.94. The number of barbiturate groups is 1. The van der Waals surface area contributed by atoms with E-state index in [1.807, 2.05) is 10.6 Å². The van der Waals surface area contributed by atoms with Gasteiger partial charge in [-0.15, -0.1) is 0 Å². The molecule has 2 heterocycles. The van der Waals surface area contributed by atoms with E-state index in [4.69, 9.17) is 4.74 Å². The van der Waals surface area contributed by atoms with Crippen LogP contribution in [0, 0.1) is 5.82 Å². The molecule has 0 saturated carbocycles. The van der Waals surface area contributed by atoms with Crippen molar-refractivity contribution in [3.8, 4) is 17.0 Å². The number of hydrogen-bond donors (Lipinski definition) is 2. The molecule has 122 valence electrons. The zero-order valence-corrected chi connectivity index (χ0v) is 12.5. The van der Waals surface area contributed by atoms with Crippen LogP contribution in [0.1, 0.15) is 6.92 Å². The van der Waals surface area contributed by atoms with Crippen LogP contribution >= 0.6 is 0 Å². The normalized spacial score (nSPS) is 16.3. The second-order valence-corrected chi connectivity index (χ2v) is 5.23. The van der Waals surface area contributed by atoms with Gasteiger partial charge in [-0.25, -0.2) is 9.18 Å². The van der Waals surface area contributed by atoms with Gasteiger partial charge < -0.3 is 4.74 Å². The molecular formula is C16H12FN3O4. The highest BCUT2D eigenvalue weighted by Crippen LogP contribution is 2.25. The fraction of sp³-hybridized carbons (Fsp3) is 0.125. The largest absolute Gasteiger partial charge is 0.468 e. The van der Waals surface area contributed by atoms with Crippen LogP contribution < -0.4 is 15.4 Å². The van der Waals surface area contributed by atoms with Crippen LogP contribution in [0.2, 0.25) is 0 Å². The van der Waals surface area contributed by atoms with E-state index in [1.165, 1.54) is 37.4 Å². The highest BCUT2D eigenvalue weighted by atomic mass is 19.1. The summed E-state index contributed by atoms with van der Waals surface area (Å²) in [5.41, 5.74) is -1.20. The Hall–Kier alpha value is -3.29. The molecule has 2 N–H and O–H groups in total. The predicted octanol–water partition coefficient (Wildman–Crippen LogP) is 1.39. The molecule has 8 heteroatoms. The van der Waals surface area contributed by atoms with Crippen molar-refractivity contribution in [2.75, 3.05) is 0 Å². The molecule has 1 aromatic carbocycles. The maximum Gasteiger partial charge on any atom is 0.328 e. The molecule has 7 nitrogen and oxygen atoms in total. The molecule has 1 aromatic heterocycles. The van der Waals surface area contributed by atoms with Crippen LogP contribution in [0.15, 0.2) is 42.6 Å². The van der Waals surface area contributed by atoms with E-state index in [0.717, 1.165) is 0 Å². The number of carbonyl (C=O) groups is 3. The standard InChI is InChI=1S/C16H12FN3O4/c1-16(13(21)19-15(23)20-14(16)22)24-10-6-4-9(5-7-10)12-11(17)3-2-8-18-12/h2-8H,1H3,(H2,19,20,21,22,23). The SMILES string of the molecule is CC1(Oc2ccc(-c3ncccc3F)cc2)C(=O)NC(=O)NC1=O. The number of carbonyl (C=O) groups excluding carboxylic acids is 3. The summed E-state index contributed by atoms with van der Waals surface area (Å²) in [6.07, 6.45) is 1.47. The number of nitrogens with one attached hydrogen (secondary N) is 2. The molecule has 0 unspecified atom stereocenters. The summed E-state index contributed by atoms with van der Waals surface area (Å²) in [5, 5.41) is 3.94. The van der Waals surface area contributed by atoms with Crippen molar-refractivity contribution in [1.29, 1.82) is 0 Å². The van der Waals surface area contributed by atoms with E-state index in [2.05, 4.69) is 4.98 Å². The van der Waals surface area contributed by atoms with Gasteiger partial charge >= 0.3 is 6.03 Å². The molecule has 1 saturated heterocycles. The van der Waals surface area contributed by atoms with Crippen molar-refractivity contribution in [2.24, 2.45) is 0 Å². The van der Waals surface area contributed by atoms with E-state index >= 15 is 0 Å². The Bertz CT molecular complexity index is 815.